The number of carbonyl (C=O) groups is 1. The van der Waals surface area contributed by atoms with Crippen LogP contribution >= 0.6 is 0 Å². The maximum Gasteiger partial charge on any atom is 0.130 e. The molecule has 1 heterocycles. The molecular weight excluding hydrogens is 248 g/mol. The van der Waals surface area contributed by atoms with E-state index in [0.29, 0.717) is 12.3 Å². The maximum atomic E-state index is 11.2. The Morgan fingerprint density at radius 2 is 1.75 bits per heavy atom. The van der Waals surface area contributed by atoms with E-state index < -0.39 is 0 Å². The molecule has 1 aromatic rings. The van der Waals surface area contributed by atoms with Gasteiger partial charge in [-0.1, -0.05) is 31.2 Å². The molecular formula is C17H26N2O. The van der Waals surface area contributed by atoms with Gasteiger partial charge in [0.25, 0.3) is 0 Å². The topological polar surface area (TPSA) is 23.6 Å². The highest BCUT2D eigenvalue weighted by molar-refractivity contribution is 5.76. The lowest BCUT2D eigenvalue weighted by molar-refractivity contribution is -0.117. The number of benzene rings is 1. The molecule has 1 fully saturated rings. The Kier molecular flexibility index (Phi) is 5.32. The molecule has 0 saturated carbocycles. The zero-order chi connectivity index (χ0) is 14.5. The Morgan fingerprint density at radius 3 is 2.30 bits per heavy atom. The SMILES string of the molecule is CC(=O)C[C@H](C)c1ccc(CN2CCN(C)CC2)cc1. The number of piperazine rings is 1. The van der Waals surface area contributed by atoms with E-state index in [9.17, 15) is 4.79 Å². The van der Waals surface area contributed by atoms with Crippen LogP contribution in [0.5, 0.6) is 0 Å². The van der Waals surface area contributed by atoms with Crippen molar-refractivity contribution in [2.24, 2.45) is 0 Å². The molecule has 0 amide bonds. The molecule has 0 aliphatic carbocycles. The quantitative estimate of drug-likeness (QED) is 0.824. The number of hydrogen-bond donors (Lipinski definition) is 0. The second-order valence-electron chi connectivity index (χ2n) is 6.13. The summed E-state index contributed by atoms with van der Waals surface area (Å²) in [7, 11) is 2.18. The largest absolute Gasteiger partial charge is 0.304 e. The molecule has 0 bridgehead atoms. The smallest absolute Gasteiger partial charge is 0.130 e. The second-order valence-corrected chi connectivity index (χ2v) is 6.13. The van der Waals surface area contributed by atoms with E-state index in [1.54, 1.807) is 6.92 Å². The number of carbonyl (C=O) groups excluding carboxylic acids is 1. The molecule has 110 valence electrons. The van der Waals surface area contributed by atoms with E-state index in [2.05, 4.69) is 48.0 Å². The monoisotopic (exact) mass is 274 g/mol. The van der Waals surface area contributed by atoms with Gasteiger partial charge in [0, 0.05) is 39.1 Å². The van der Waals surface area contributed by atoms with Crippen molar-refractivity contribution in [2.75, 3.05) is 33.2 Å². The van der Waals surface area contributed by atoms with Crippen molar-refractivity contribution in [3.63, 3.8) is 0 Å². The summed E-state index contributed by atoms with van der Waals surface area (Å²) in [5, 5.41) is 0. The third-order valence-electron chi connectivity index (χ3n) is 4.14. The number of hydrogen-bond acceptors (Lipinski definition) is 3. The van der Waals surface area contributed by atoms with Crippen molar-refractivity contribution in [1.82, 2.24) is 9.80 Å². The molecule has 2 rings (SSSR count). The Morgan fingerprint density at radius 1 is 1.15 bits per heavy atom. The van der Waals surface area contributed by atoms with Gasteiger partial charge in [-0.05, 0) is 31.0 Å². The molecule has 0 unspecified atom stereocenters. The fourth-order valence-electron chi connectivity index (χ4n) is 2.76. The van der Waals surface area contributed by atoms with Crippen LogP contribution in [0.15, 0.2) is 24.3 Å². The van der Waals surface area contributed by atoms with E-state index in [0.717, 1.165) is 32.7 Å². The molecule has 0 spiro atoms. The van der Waals surface area contributed by atoms with Crippen molar-refractivity contribution in [3.05, 3.63) is 35.4 Å². The Balaban J connectivity index is 1.89. The third-order valence-corrected chi connectivity index (χ3v) is 4.14. The summed E-state index contributed by atoms with van der Waals surface area (Å²) in [4.78, 5) is 16.1. The summed E-state index contributed by atoms with van der Waals surface area (Å²) in [5.74, 6) is 0.587. The van der Waals surface area contributed by atoms with Gasteiger partial charge in [0.15, 0.2) is 0 Å². The van der Waals surface area contributed by atoms with E-state index in [1.807, 2.05) is 0 Å². The summed E-state index contributed by atoms with van der Waals surface area (Å²) in [6, 6.07) is 8.78. The van der Waals surface area contributed by atoms with Gasteiger partial charge in [0.1, 0.15) is 5.78 Å². The molecule has 1 atom stereocenters. The Labute approximate surface area is 122 Å². The molecule has 0 aromatic heterocycles. The summed E-state index contributed by atoms with van der Waals surface area (Å²) >= 11 is 0. The number of likely N-dealkylation sites (N-methyl/N-ethyl adjacent to an activating group) is 1. The minimum atomic E-state index is 0.263. The van der Waals surface area contributed by atoms with Crippen LogP contribution in [0.1, 0.15) is 37.3 Å². The average Bonchev–Trinajstić information content (AvgIpc) is 2.41. The zero-order valence-electron chi connectivity index (χ0n) is 12.9. The van der Waals surface area contributed by atoms with Gasteiger partial charge in [0.05, 0.1) is 0 Å². The first-order chi connectivity index (χ1) is 9.54. The predicted molar refractivity (Wildman–Crippen MR) is 82.9 cm³/mol. The second kappa shape index (κ2) is 7.00. The van der Waals surface area contributed by atoms with E-state index >= 15 is 0 Å². The number of ketones is 1. The van der Waals surface area contributed by atoms with Gasteiger partial charge in [-0.3, -0.25) is 4.90 Å². The number of Topliss-reactive ketones (excluding diaryl/α,β-unsaturated/α-hetero) is 1. The van der Waals surface area contributed by atoms with Crippen molar-refractivity contribution in [2.45, 2.75) is 32.7 Å². The molecule has 0 N–H and O–H groups in total. The summed E-state index contributed by atoms with van der Waals surface area (Å²) in [6.45, 7) is 9.45. The van der Waals surface area contributed by atoms with Gasteiger partial charge < -0.3 is 9.69 Å². The highest BCUT2D eigenvalue weighted by Gasteiger charge is 2.14. The molecule has 3 nitrogen and oxygen atoms in total. The Bertz CT molecular complexity index is 433. The van der Waals surface area contributed by atoms with E-state index in [-0.39, 0.29) is 5.78 Å². The van der Waals surface area contributed by atoms with Crippen LogP contribution in [0.3, 0.4) is 0 Å². The molecule has 3 heteroatoms. The Hall–Kier alpha value is -1.19. The van der Waals surface area contributed by atoms with Gasteiger partial charge >= 0.3 is 0 Å². The van der Waals surface area contributed by atoms with Crippen molar-refractivity contribution in [1.29, 1.82) is 0 Å². The highest BCUT2D eigenvalue weighted by atomic mass is 16.1. The van der Waals surface area contributed by atoms with Crippen LogP contribution in [0.4, 0.5) is 0 Å². The van der Waals surface area contributed by atoms with Gasteiger partial charge in [-0.25, -0.2) is 0 Å². The lowest BCUT2D eigenvalue weighted by Gasteiger charge is -2.32. The fourth-order valence-corrected chi connectivity index (χ4v) is 2.76. The molecule has 0 radical (unpaired) electrons. The summed E-state index contributed by atoms with van der Waals surface area (Å²) < 4.78 is 0. The predicted octanol–water partition coefficient (Wildman–Crippen LogP) is 2.52. The lowest BCUT2D eigenvalue weighted by atomic mass is 9.95. The van der Waals surface area contributed by atoms with Crippen molar-refractivity contribution in [3.8, 4) is 0 Å². The number of rotatable bonds is 5. The van der Waals surface area contributed by atoms with Crippen molar-refractivity contribution >= 4 is 5.78 Å². The van der Waals surface area contributed by atoms with Gasteiger partial charge in [0.2, 0.25) is 0 Å². The van der Waals surface area contributed by atoms with E-state index in [4.69, 9.17) is 0 Å². The summed E-state index contributed by atoms with van der Waals surface area (Å²) in [6.07, 6.45) is 0.637. The van der Waals surface area contributed by atoms with Crippen LogP contribution in [-0.2, 0) is 11.3 Å². The third kappa shape index (κ3) is 4.43. The van der Waals surface area contributed by atoms with E-state index in [1.165, 1.54) is 11.1 Å². The standard InChI is InChI=1S/C17H26N2O/c1-14(12-15(2)20)17-6-4-16(5-7-17)13-19-10-8-18(3)9-11-19/h4-7,14H,8-13H2,1-3H3/t14-/m0/s1. The summed E-state index contributed by atoms with van der Waals surface area (Å²) in [5.41, 5.74) is 2.63. The average molecular weight is 274 g/mol. The molecule has 20 heavy (non-hydrogen) atoms. The molecule has 1 aliphatic rings. The van der Waals surface area contributed by atoms with Crippen LogP contribution in [0, 0.1) is 0 Å². The van der Waals surface area contributed by atoms with Crippen molar-refractivity contribution < 1.29 is 4.79 Å². The fraction of sp³-hybridized carbons (Fsp3) is 0.588. The minimum Gasteiger partial charge on any atom is -0.304 e. The zero-order valence-corrected chi connectivity index (χ0v) is 12.9. The first kappa shape index (κ1) is 15.2. The van der Waals surface area contributed by atoms with Gasteiger partial charge in [-0.2, -0.15) is 0 Å². The molecule has 1 aromatic carbocycles. The van der Waals surface area contributed by atoms with Crippen LogP contribution in [0.2, 0.25) is 0 Å². The maximum absolute atomic E-state index is 11.2. The number of nitrogens with zero attached hydrogens (tertiary/aromatic N) is 2. The molecule has 1 aliphatic heterocycles. The molecule has 1 saturated heterocycles. The van der Waals surface area contributed by atoms with Crippen LogP contribution < -0.4 is 0 Å². The minimum absolute atomic E-state index is 0.263. The first-order valence-electron chi connectivity index (χ1n) is 7.54. The van der Waals surface area contributed by atoms with Crippen LogP contribution in [-0.4, -0.2) is 48.8 Å². The lowest BCUT2D eigenvalue weighted by Crippen LogP contribution is -2.43. The van der Waals surface area contributed by atoms with Gasteiger partial charge in [-0.15, -0.1) is 0 Å². The first-order valence-corrected chi connectivity index (χ1v) is 7.54. The highest BCUT2D eigenvalue weighted by Crippen LogP contribution is 2.20. The van der Waals surface area contributed by atoms with Crippen LogP contribution in [0.25, 0.3) is 0 Å². The normalized spacial score (nSPS) is 18.9.